The maximum absolute atomic E-state index is 12.7. The van der Waals surface area contributed by atoms with Crippen molar-refractivity contribution in [2.75, 3.05) is 5.32 Å². The fourth-order valence-electron chi connectivity index (χ4n) is 2.88. The number of imide groups is 1. The van der Waals surface area contributed by atoms with Crippen molar-refractivity contribution in [3.8, 4) is 0 Å². The minimum absolute atomic E-state index is 0.141. The minimum Gasteiger partial charge on any atom is -0.283 e. The molecule has 0 saturated heterocycles. The molecule has 8 nitrogen and oxygen atoms in total. The van der Waals surface area contributed by atoms with Gasteiger partial charge in [0, 0.05) is 12.4 Å². The fraction of sp³-hybridized carbons (Fsp3) is 0.0476. The van der Waals surface area contributed by atoms with Crippen molar-refractivity contribution >= 4 is 60.1 Å². The van der Waals surface area contributed by atoms with Gasteiger partial charge in [0.15, 0.2) is 15.0 Å². The molecule has 0 aliphatic heterocycles. The molecule has 2 heterocycles. The lowest BCUT2D eigenvalue weighted by molar-refractivity contribution is 0.0967. The van der Waals surface area contributed by atoms with Crippen molar-refractivity contribution in [1.29, 1.82) is 0 Å². The maximum Gasteiger partial charge on any atom is 0.327 e. The number of amides is 3. The molecule has 3 amide bonds. The Morgan fingerprint density at radius 2 is 1.88 bits per heavy atom. The number of rotatable bonds is 5. The van der Waals surface area contributed by atoms with Crippen LogP contribution in [0.25, 0.3) is 10.2 Å². The first-order valence-electron chi connectivity index (χ1n) is 9.21. The van der Waals surface area contributed by atoms with Gasteiger partial charge < -0.3 is 0 Å². The highest BCUT2D eigenvalue weighted by Crippen LogP contribution is 2.29. The molecule has 2 N–H and O–H groups in total. The van der Waals surface area contributed by atoms with E-state index in [2.05, 4.69) is 20.6 Å². The van der Waals surface area contributed by atoms with Gasteiger partial charge in [-0.05, 0) is 42.0 Å². The van der Waals surface area contributed by atoms with Crippen LogP contribution in [-0.2, 0) is 15.6 Å². The van der Waals surface area contributed by atoms with Gasteiger partial charge in [-0.1, -0.05) is 41.1 Å². The standard InChI is InChI=1S/C21H15ClN4O4S2/c22-16-6-2-1-5-15(16)19(27)25-20(28)26-21-24-17-8-7-14(10-18(17)31-21)32(29,30)12-13-4-3-9-23-11-13/h1-11H,12H2,(H2,24,25,26,27,28). The summed E-state index contributed by atoms with van der Waals surface area (Å²) in [6.45, 7) is 0. The first kappa shape index (κ1) is 21.9. The van der Waals surface area contributed by atoms with Gasteiger partial charge in [0.2, 0.25) is 0 Å². The molecule has 0 bridgehead atoms. The average molecular weight is 487 g/mol. The van der Waals surface area contributed by atoms with E-state index >= 15 is 0 Å². The summed E-state index contributed by atoms with van der Waals surface area (Å²) >= 11 is 7.05. The smallest absolute Gasteiger partial charge is 0.283 e. The number of nitrogens with one attached hydrogen (secondary N) is 2. The molecule has 4 aromatic rings. The van der Waals surface area contributed by atoms with Gasteiger partial charge in [0.1, 0.15) is 0 Å². The molecule has 0 fully saturated rings. The first-order chi connectivity index (χ1) is 15.3. The Morgan fingerprint density at radius 3 is 2.62 bits per heavy atom. The number of urea groups is 1. The number of benzene rings is 2. The van der Waals surface area contributed by atoms with Gasteiger partial charge in [-0.3, -0.25) is 20.4 Å². The molecule has 2 aromatic heterocycles. The lowest BCUT2D eigenvalue weighted by Gasteiger charge is -2.05. The Labute approximate surface area is 192 Å². The number of anilines is 1. The van der Waals surface area contributed by atoms with Crippen LogP contribution in [0.15, 0.2) is 71.9 Å². The highest BCUT2D eigenvalue weighted by molar-refractivity contribution is 7.90. The van der Waals surface area contributed by atoms with Crippen LogP contribution < -0.4 is 10.6 Å². The van der Waals surface area contributed by atoms with E-state index in [0.717, 1.165) is 11.3 Å². The second-order valence-electron chi connectivity index (χ2n) is 6.66. The highest BCUT2D eigenvalue weighted by Gasteiger charge is 2.18. The molecular weight excluding hydrogens is 472 g/mol. The first-order valence-corrected chi connectivity index (χ1v) is 12.1. The zero-order valence-corrected chi connectivity index (χ0v) is 18.7. The largest absolute Gasteiger partial charge is 0.327 e. The number of pyridine rings is 1. The van der Waals surface area contributed by atoms with Gasteiger partial charge >= 0.3 is 6.03 Å². The monoisotopic (exact) mass is 486 g/mol. The summed E-state index contributed by atoms with van der Waals surface area (Å²) in [5, 5.41) is 5.10. The summed E-state index contributed by atoms with van der Waals surface area (Å²) in [5.41, 5.74) is 1.26. The molecule has 32 heavy (non-hydrogen) atoms. The minimum atomic E-state index is -3.59. The van der Waals surface area contributed by atoms with Crippen LogP contribution in [0.1, 0.15) is 15.9 Å². The van der Waals surface area contributed by atoms with Crippen LogP contribution in [0.4, 0.5) is 9.93 Å². The zero-order chi connectivity index (χ0) is 22.7. The molecule has 0 unspecified atom stereocenters. The van der Waals surface area contributed by atoms with Gasteiger partial charge in [-0.15, -0.1) is 0 Å². The van der Waals surface area contributed by atoms with E-state index in [4.69, 9.17) is 11.6 Å². The lowest BCUT2D eigenvalue weighted by Crippen LogP contribution is -2.34. The highest BCUT2D eigenvalue weighted by atomic mass is 35.5. The molecule has 0 saturated carbocycles. The molecule has 11 heteroatoms. The molecule has 0 aliphatic rings. The normalized spacial score (nSPS) is 11.3. The van der Waals surface area contributed by atoms with Gasteiger partial charge in [-0.25, -0.2) is 18.2 Å². The number of hydrogen-bond donors (Lipinski definition) is 2. The number of hydrogen-bond acceptors (Lipinski definition) is 7. The van der Waals surface area contributed by atoms with Crippen molar-refractivity contribution in [1.82, 2.24) is 15.3 Å². The van der Waals surface area contributed by atoms with Crippen LogP contribution in [0.3, 0.4) is 0 Å². The van der Waals surface area contributed by atoms with E-state index in [-0.39, 0.29) is 26.4 Å². The van der Waals surface area contributed by atoms with E-state index in [0.29, 0.717) is 15.8 Å². The van der Waals surface area contributed by atoms with Crippen LogP contribution in [0.5, 0.6) is 0 Å². The third kappa shape index (κ3) is 4.93. The van der Waals surface area contributed by atoms with Crippen molar-refractivity contribution in [3.05, 3.63) is 83.1 Å². The third-order valence-corrected chi connectivity index (χ3v) is 7.31. The summed E-state index contributed by atoms with van der Waals surface area (Å²) in [6.07, 6.45) is 3.08. The number of carbonyl (C=O) groups is 2. The van der Waals surface area contributed by atoms with Crippen LogP contribution in [-0.4, -0.2) is 30.3 Å². The Morgan fingerprint density at radius 1 is 1.06 bits per heavy atom. The third-order valence-electron chi connectivity index (χ3n) is 4.36. The Balaban J connectivity index is 1.49. The van der Waals surface area contributed by atoms with Crippen molar-refractivity contribution < 1.29 is 18.0 Å². The van der Waals surface area contributed by atoms with Gasteiger partial charge in [0.05, 0.1) is 31.5 Å². The second kappa shape index (κ2) is 9.03. The summed E-state index contributed by atoms with van der Waals surface area (Å²) in [4.78, 5) is 32.7. The van der Waals surface area contributed by atoms with Crippen LogP contribution in [0, 0.1) is 0 Å². The van der Waals surface area contributed by atoms with Crippen molar-refractivity contribution in [3.63, 3.8) is 0 Å². The van der Waals surface area contributed by atoms with E-state index in [1.807, 2.05) is 0 Å². The summed E-state index contributed by atoms with van der Waals surface area (Å²) < 4.78 is 26.1. The quantitative estimate of drug-likeness (QED) is 0.434. The number of aromatic nitrogens is 2. The van der Waals surface area contributed by atoms with Crippen LogP contribution >= 0.6 is 22.9 Å². The molecule has 162 valence electrons. The molecule has 0 spiro atoms. The van der Waals surface area contributed by atoms with Gasteiger partial charge in [-0.2, -0.15) is 0 Å². The van der Waals surface area contributed by atoms with Gasteiger partial charge in [0.25, 0.3) is 5.91 Å². The number of sulfone groups is 1. The molecule has 0 aliphatic carbocycles. The van der Waals surface area contributed by atoms with E-state index in [1.54, 1.807) is 42.6 Å². The molecule has 2 aromatic carbocycles. The van der Waals surface area contributed by atoms with Crippen LogP contribution in [0.2, 0.25) is 5.02 Å². The van der Waals surface area contributed by atoms with Crippen molar-refractivity contribution in [2.45, 2.75) is 10.6 Å². The summed E-state index contributed by atoms with van der Waals surface area (Å²) in [7, 11) is -3.59. The van der Waals surface area contributed by atoms with E-state index in [9.17, 15) is 18.0 Å². The fourth-order valence-corrected chi connectivity index (χ4v) is 5.43. The number of halogens is 1. The second-order valence-corrected chi connectivity index (χ2v) is 10.1. The number of thiazole rings is 1. The lowest BCUT2D eigenvalue weighted by atomic mass is 10.2. The van der Waals surface area contributed by atoms with E-state index < -0.39 is 21.8 Å². The predicted molar refractivity (Wildman–Crippen MR) is 123 cm³/mol. The Bertz CT molecular complexity index is 1420. The maximum atomic E-state index is 12.7. The van der Waals surface area contributed by atoms with E-state index in [1.165, 1.54) is 24.4 Å². The average Bonchev–Trinajstić information content (AvgIpc) is 3.15. The SMILES string of the molecule is O=C(NC(=O)c1ccccc1Cl)Nc1nc2ccc(S(=O)(=O)Cc3cccnc3)cc2s1. The Kier molecular flexibility index (Phi) is 6.17. The predicted octanol–water partition coefficient (Wildman–Crippen LogP) is 4.28. The number of nitrogens with zero attached hydrogens (tertiary/aromatic N) is 2. The number of fused-ring (bicyclic) bond motifs is 1. The summed E-state index contributed by atoms with van der Waals surface area (Å²) in [5.74, 6) is -0.832. The zero-order valence-electron chi connectivity index (χ0n) is 16.3. The number of carbonyl (C=O) groups excluding carboxylic acids is 2. The Hall–Kier alpha value is -3.34. The topological polar surface area (TPSA) is 118 Å². The van der Waals surface area contributed by atoms with Crippen molar-refractivity contribution in [2.24, 2.45) is 0 Å². The molecular formula is C21H15ClN4O4S2. The molecule has 0 radical (unpaired) electrons. The molecule has 4 rings (SSSR count). The summed E-state index contributed by atoms with van der Waals surface area (Å²) in [6, 6.07) is 13.5. The molecule has 0 atom stereocenters.